The lowest BCUT2D eigenvalue weighted by atomic mass is 9.94. The third-order valence-corrected chi connectivity index (χ3v) is 6.18. The number of ether oxygens (including phenoxy) is 1. The number of carbonyl (C=O) groups excluding carboxylic acids is 2. The third-order valence-electron chi connectivity index (χ3n) is 6.18. The monoisotopic (exact) mass is 432 g/mol. The number of carbonyl (C=O) groups is 2. The Morgan fingerprint density at radius 2 is 1.91 bits per heavy atom. The van der Waals surface area contributed by atoms with Crippen LogP contribution in [0.15, 0.2) is 54.2 Å². The number of benzene rings is 2. The molecule has 1 fully saturated rings. The van der Waals surface area contributed by atoms with Crippen molar-refractivity contribution < 1.29 is 19.4 Å². The van der Waals surface area contributed by atoms with Crippen molar-refractivity contribution in [3.8, 4) is 5.75 Å². The molecule has 1 aliphatic rings. The lowest BCUT2D eigenvalue weighted by Crippen LogP contribution is -2.30. The molecular weight excluding hydrogens is 404 g/mol. The molecule has 166 valence electrons. The average Bonchev–Trinajstić information content (AvgIpc) is 3.25. The van der Waals surface area contributed by atoms with E-state index in [1.165, 1.54) is 0 Å². The Morgan fingerprint density at radius 1 is 1.16 bits per heavy atom. The summed E-state index contributed by atoms with van der Waals surface area (Å²) in [6, 6.07) is 12.5. The topological polar surface area (TPSA) is 71.8 Å². The number of hydrogen-bond acceptors (Lipinski definition) is 4. The fourth-order valence-corrected chi connectivity index (χ4v) is 4.53. The number of para-hydroxylation sites is 1. The van der Waals surface area contributed by atoms with Crippen LogP contribution < -0.4 is 4.74 Å². The van der Waals surface area contributed by atoms with Crippen molar-refractivity contribution in [3.05, 3.63) is 70.9 Å². The average molecular weight is 433 g/mol. The number of methoxy groups -OCH3 is 1. The minimum Gasteiger partial charge on any atom is -0.507 e. The SMILES string of the molecule is CCCCN1C(=O)C(=O)/C(=C(/O)c2ccc(OC)c(C)c2)C1c1cn(C)c2ccccc12. The van der Waals surface area contributed by atoms with Gasteiger partial charge in [0.1, 0.15) is 11.5 Å². The molecule has 0 radical (unpaired) electrons. The Kier molecular flexibility index (Phi) is 5.78. The summed E-state index contributed by atoms with van der Waals surface area (Å²) in [4.78, 5) is 27.9. The van der Waals surface area contributed by atoms with Crippen LogP contribution in [0.3, 0.4) is 0 Å². The predicted octanol–water partition coefficient (Wildman–Crippen LogP) is 4.72. The van der Waals surface area contributed by atoms with E-state index in [0.29, 0.717) is 17.9 Å². The number of aliphatic hydroxyl groups excluding tert-OH is 1. The van der Waals surface area contributed by atoms with Crippen LogP contribution >= 0.6 is 0 Å². The van der Waals surface area contributed by atoms with Crippen molar-refractivity contribution >= 4 is 28.4 Å². The number of ketones is 1. The van der Waals surface area contributed by atoms with Crippen LogP contribution in [-0.2, 0) is 16.6 Å². The molecule has 1 saturated heterocycles. The van der Waals surface area contributed by atoms with Crippen LogP contribution in [0.1, 0.15) is 42.5 Å². The number of Topliss-reactive ketones (excluding diaryl/α,β-unsaturated/α-hetero) is 1. The van der Waals surface area contributed by atoms with Gasteiger partial charge in [-0.05, 0) is 43.2 Å². The lowest BCUT2D eigenvalue weighted by Gasteiger charge is -2.24. The Morgan fingerprint density at radius 3 is 2.59 bits per heavy atom. The third kappa shape index (κ3) is 3.45. The zero-order chi connectivity index (χ0) is 23.0. The first-order valence-corrected chi connectivity index (χ1v) is 10.9. The second-order valence-electron chi connectivity index (χ2n) is 8.24. The van der Waals surface area contributed by atoms with E-state index in [9.17, 15) is 14.7 Å². The van der Waals surface area contributed by atoms with E-state index in [2.05, 4.69) is 0 Å². The summed E-state index contributed by atoms with van der Waals surface area (Å²) in [5.74, 6) is -0.685. The highest BCUT2D eigenvalue weighted by molar-refractivity contribution is 6.46. The first kappa shape index (κ1) is 21.7. The van der Waals surface area contributed by atoms with Crippen LogP contribution in [0.25, 0.3) is 16.7 Å². The van der Waals surface area contributed by atoms with Crippen LogP contribution in [0.5, 0.6) is 5.75 Å². The molecule has 6 nitrogen and oxygen atoms in total. The molecule has 0 bridgehead atoms. The minimum absolute atomic E-state index is 0.132. The molecular formula is C26H28N2O4. The summed E-state index contributed by atoms with van der Waals surface area (Å²) in [5, 5.41) is 12.2. The number of nitrogens with zero attached hydrogens (tertiary/aromatic N) is 2. The number of unbranched alkanes of at least 4 members (excludes halogenated alkanes) is 1. The predicted molar refractivity (Wildman–Crippen MR) is 125 cm³/mol. The van der Waals surface area contributed by atoms with E-state index < -0.39 is 17.7 Å². The van der Waals surface area contributed by atoms with Crippen molar-refractivity contribution in [2.24, 2.45) is 7.05 Å². The van der Waals surface area contributed by atoms with Crippen molar-refractivity contribution in [2.45, 2.75) is 32.7 Å². The van der Waals surface area contributed by atoms with Crippen molar-refractivity contribution in [1.29, 1.82) is 0 Å². The summed E-state index contributed by atoms with van der Waals surface area (Å²) in [6.07, 6.45) is 3.62. The zero-order valence-corrected chi connectivity index (χ0v) is 18.9. The van der Waals surface area contributed by atoms with Gasteiger partial charge < -0.3 is 19.3 Å². The molecule has 0 aliphatic carbocycles. The maximum Gasteiger partial charge on any atom is 0.295 e. The second-order valence-corrected chi connectivity index (χ2v) is 8.24. The summed E-state index contributed by atoms with van der Waals surface area (Å²) < 4.78 is 7.30. The van der Waals surface area contributed by atoms with Gasteiger partial charge in [-0.2, -0.15) is 0 Å². The first-order valence-electron chi connectivity index (χ1n) is 10.9. The molecule has 3 aromatic rings. The van der Waals surface area contributed by atoms with E-state index in [-0.39, 0.29) is 11.3 Å². The summed E-state index contributed by atoms with van der Waals surface area (Å²) in [6.45, 7) is 4.37. The fourth-order valence-electron chi connectivity index (χ4n) is 4.53. The summed E-state index contributed by atoms with van der Waals surface area (Å²) >= 11 is 0. The van der Waals surface area contributed by atoms with Crippen LogP contribution in [0, 0.1) is 6.92 Å². The molecule has 1 amide bonds. The maximum absolute atomic E-state index is 13.2. The van der Waals surface area contributed by atoms with E-state index in [1.807, 2.05) is 55.9 Å². The molecule has 1 aromatic heterocycles. The molecule has 1 aliphatic heterocycles. The van der Waals surface area contributed by atoms with Crippen LogP contribution in [-0.4, -0.2) is 39.9 Å². The van der Waals surface area contributed by atoms with Crippen molar-refractivity contribution in [3.63, 3.8) is 0 Å². The van der Waals surface area contributed by atoms with Crippen molar-refractivity contribution in [2.75, 3.05) is 13.7 Å². The Hall–Kier alpha value is -3.54. The molecule has 1 atom stereocenters. The zero-order valence-electron chi connectivity index (χ0n) is 18.9. The number of aliphatic hydroxyl groups is 1. The number of amides is 1. The van der Waals surface area contributed by atoms with E-state index in [0.717, 1.165) is 34.9 Å². The summed E-state index contributed by atoms with van der Waals surface area (Å²) in [5.41, 5.74) is 3.29. The normalized spacial score (nSPS) is 18.0. The summed E-state index contributed by atoms with van der Waals surface area (Å²) in [7, 11) is 3.53. The molecule has 0 saturated carbocycles. The van der Waals surface area contributed by atoms with Gasteiger partial charge in [-0.25, -0.2) is 0 Å². The van der Waals surface area contributed by atoms with Gasteiger partial charge in [-0.15, -0.1) is 0 Å². The van der Waals surface area contributed by atoms with Gasteiger partial charge in [0.2, 0.25) is 0 Å². The quantitative estimate of drug-likeness (QED) is 0.348. The number of fused-ring (bicyclic) bond motifs is 1. The maximum atomic E-state index is 13.2. The van der Waals surface area contributed by atoms with Gasteiger partial charge in [-0.3, -0.25) is 9.59 Å². The first-order chi connectivity index (χ1) is 15.4. The van der Waals surface area contributed by atoms with Crippen LogP contribution in [0.2, 0.25) is 0 Å². The molecule has 1 unspecified atom stereocenters. The Bertz CT molecular complexity index is 1240. The van der Waals surface area contributed by atoms with Crippen LogP contribution in [0.4, 0.5) is 0 Å². The largest absolute Gasteiger partial charge is 0.507 e. The van der Waals surface area contributed by atoms with Gasteiger partial charge >= 0.3 is 0 Å². The molecule has 0 spiro atoms. The second kappa shape index (κ2) is 8.54. The van der Waals surface area contributed by atoms with Gasteiger partial charge in [-0.1, -0.05) is 31.5 Å². The lowest BCUT2D eigenvalue weighted by molar-refractivity contribution is -0.139. The molecule has 4 rings (SSSR count). The minimum atomic E-state index is -0.648. The fraction of sp³-hybridized carbons (Fsp3) is 0.308. The van der Waals surface area contributed by atoms with E-state index in [1.54, 1.807) is 30.2 Å². The number of likely N-dealkylation sites (tertiary alicyclic amines) is 1. The Labute approximate surface area is 187 Å². The highest BCUT2D eigenvalue weighted by Crippen LogP contribution is 2.42. The standard InChI is InChI=1S/C26H28N2O4/c1-5-6-13-28-23(19-15-27(3)20-10-8-7-9-18(19)20)22(25(30)26(28)31)24(29)17-11-12-21(32-4)16(2)14-17/h7-12,14-15,23,29H,5-6,13H2,1-4H3/b24-22+. The highest BCUT2D eigenvalue weighted by Gasteiger charge is 2.46. The number of aryl methyl sites for hydroxylation is 2. The highest BCUT2D eigenvalue weighted by atomic mass is 16.5. The van der Waals surface area contributed by atoms with Gasteiger partial charge in [0.25, 0.3) is 11.7 Å². The van der Waals surface area contributed by atoms with Gasteiger partial charge in [0.15, 0.2) is 0 Å². The van der Waals surface area contributed by atoms with Gasteiger partial charge in [0, 0.05) is 41.8 Å². The molecule has 32 heavy (non-hydrogen) atoms. The van der Waals surface area contributed by atoms with E-state index in [4.69, 9.17) is 4.74 Å². The molecule has 6 heteroatoms. The molecule has 2 aromatic carbocycles. The molecule has 1 N–H and O–H groups in total. The van der Waals surface area contributed by atoms with Gasteiger partial charge in [0.05, 0.1) is 18.7 Å². The molecule has 2 heterocycles. The number of aromatic nitrogens is 1. The van der Waals surface area contributed by atoms with Crippen molar-refractivity contribution in [1.82, 2.24) is 9.47 Å². The number of hydrogen-bond donors (Lipinski definition) is 1. The number of rotatable bonds is 6. The smallest absolute Gasteiger partial charge is 0.295 e. The Balaban J connectivity index is 1.94. The van der Waals surface area contributed by atoms with E-state index >= 15 is 0 Å².